The summed E-state index contributed by atoms with van der Waals surface area (Å²) in [6.45, 7) is 4.32. The molecular weight excluding hydrogens is 280 g/mol. The van der Waals surface area contributed by atoms with Crippen LogP contribution in [0, 0.1) is 0 Å². The SMILES string of the molecule is CCOC(C)CNS(=O)(=O)c1cc(CO)n(C2CC2)c1. The molecule has 20 heavy (non-hydrogen) atoms. The number of sulfonamides is 1. The molecule has 1 aromatic heterocycles. The second kappa shape index (κ2) is 6.26. The van der Waals surface area contributed by atoms with E-state index in [2.05, 4.69) is 4.72 Å². The lowest BCUT2D eigenvalue weighted by Gasteiger charge is -2.12. The highest BCUT2D eigenvalue weighted by Crippen LogP contribution is 2.37. The quantitative estimate of drug-likeness (QED) is 0.751. The normalized spacial score (nSPS) is 17.4. The number of aromatic nitrogens is 1. The molecule has 1 unspecified atom stereocenters. The first-order valence-corrected chi connectivity index (χ1v) is 8.39. The highest BCUT2D eigenvalue weighted by molar-refractivity contribution is 7.89. The van der Waals surface area contributed by atoms with Gasteiger partial charge in [-0.15, -0.1) is 0 Å². The average molecular weight is 302 g/mol. The van der Waals surface area contributed by atoms with E-state index in [0.717, 1.165) is 12.8 Å². The van der Waals surface area contributed by atoms with Crippen LogP contribution in [0.4, 0.5) is 0 Å². The van der Waals surface area contributed by atoms with Gasteiger partial charge in [0.05, 0.1) is 17.6 Å². The molecule has 2 N–H and O–H groups in total. The molecule has 0 bridgehead atoms. The van der Waals surface area contributed by atoms with E-state index in [1.807, 2.05) is 18.4 Å². The van der Waals surface area contributed by atoms with Crippen molar-refractivity contribution in [3.63, 3.8) is 0 Å². The van der Waals surface area contributed by atoms with E-state index in [1.54, 1.807) is 6.20 Å². The van der Waals surface area contributed by atoms with Crippen LogP contribution in [0.3, 0.4) is 0 Å². The van der Waals surface area contributed by atoms with Crippen LogP contribution in [0.5, 0.6) is 0 Å². The minimum absolute atomic E-state index is 0.151. The Morgan fingerprint density at radius 1 is 1.55 bits per heavy atom. The number of aliphatic hydroxyl groups is 1. The van der Waals surface area contributed by atoms with E-state index in [0.29, 0.717) is 18.3 Å². The van der Waals surface area contributed by atoms with Gasteiger partial charge in [0.25, 0.3) is 0 Å². The van der Waals surface area contributed by atoms with Crippen molar-refractivity contribution in [3.05, 3.63) is 18.0 Å². The van der Waals surface area contributed by atoms with Gasteiger partial charge in [-0.25, -0.2) is 13.1 Å². The molecule has 1 aliphatic carbocycles. The minimum Gasteiger partial charge on any atom is -0.390 e. The Morgan fingerprint density at radius 2 is 2.25 bits per heavy atom. The number of ether oxygens (including phenoxy) is 1. The first-order chi connectivity index (χ1) is 9.47. The lowest BCUT2D eigenvalue weighted by Crippen LogP contribution is -2.32. The molecule has 1 fully saturated rings. The van der Waals surface area contributed by atoms with Crippen molar-refractivity contribution in [2.24, 2.45) is 0 Å². The van der Waals surface area contributed by atoms with Crippen LogP contribution in [0.15, 0.2) is 17.2 Å². The maximum absolute atomic E-state index is 12.2. The van der Waals surface area contributed by atoms with Gasteiger partial charge in [-0.2, -0.15) is 0 Å². The van der Waals surface area contributed by atoms with Gasteiger partial charge in [0.1, 0.15) is 0 Å². The van der Waals surface area contributed by atoms with Gasteiger partial charge in [-0.3, -0.25) is 0 Å². The molecule has 2 rings (SSSR count). The fourth-order valence-corrected chi connectivity index (χ4v) is 3.28. The lowest BCUT2D eigenvalue weighted by atomic mass is 10.4. The predicted molar refractivity (Wildman–Crippen MR) is 74.9 cm³/mol. The average Bonchev–Trinajstić information content (AvgIpc) is 3.15. The molecule has 1 aliphatic rings. The van der Waals surface area contributed by atoms with Crippen LogP contribution < -0.4 is 4.72 Å². The Labute approximate surface area is 119 Å². The molecule has 0 saturated heterocycles. The summed E-state index contributed by atoms with van der Waals surface area (Å²) < 4.78 is 34.1. The summed E-state index contributed by atoms with van der Waals surface area (Å²) in [6, 6.07) is 1.87. The Kier molecular flexibility index (Phi) is 4.85. The van der Waals surface area contributed by atoms with Crippen LogP contribution in [0.1, 0.15) is 38.4 Å². The molecule has 7 heteroatoms. The van der Waals surface area contributed by atoms with Crippen molar-refractivity contribution in [1.82, 2.24) is 9.29 Å². The van der Waals surface area contributed by atoms with Gasteiger partial charge in [-0.05, 0) is 32.8 Å². The summed E-state index contributed by atoms with van der Waals surface area (Å²) >= 11 is 0. The van der Waals surface area contributed by atoms with E-state index in [1.165, 1.54) is 6.07 Å². The van der Waals surface area contributed by atoms with Crippen molar-refractivity contribution in [2.45, 2.75) is 50.3 Å². The summed E-state index contributed by atoms with van der Waals surface area (Å²) in [5, 5.41) is 9.31. The molecule has 0 radical (unpaired) electrons. The summed E-state index contributed by atoms with van der Waals surface area (Å²) in [5.74, 6) is 0. The Morgan fingerprint density at radius 3 is 2.80 bits per heavy atom. The van der Waals surface area contributed by atoms with E-state index < -0.39 is 10.0 Å². The summed E-state index contributed by atoms with van der Waals surface area (Å²) in [7, 11) is -3.55. The zero-order valence-corrected chi connectivity index (χ0v) is 12.7. The number of hydrogen-bond donors (Lipinski definition) is 2. The summed E-state index contributed by atoms with van der Waals surface area (Å²) in [4.78, 5) is 0.206. The van der Waals surface area contributed by atoms with E-state index in [9.17, 15) is 13.5 Å². The van der Waals surface area contributed by atoms with Crippen molar-refractivity contribution in [1.29, 1.82) is 0 Å². The van der Waals surface area contributed by atoms with Crippen LogP contribution in [0.2, 0.25) is 0 Å². The van der Waals surface area contributed by atoms with Gasteiger partial charge >= 0.3 is 0 Å². The highest BCUT2D eigenvalue weighted by atomic mass is 32.2. The van der Waals surface area contributed by atoms with Crippen molar-refractivity contribution in [3.8, 4) is 0 Å². The van der Waals surface area contributed by atoms with Gasteiger partial charge < -0.3 is 14.4 Å². The van der Waals surface area contributed by atoms with Crippen LogP contribution in [-0.4, -0.2) is 37.3 Å². The van der Waals surface area contributed by atoms with Crippen LogP contribution in [0.25, 0.3) is 0 Å². The van der Waals surface area contributed by atoms with Crippen LogP contribution >= 0.6 is 0 Å². The first-order valence-electron chi connectivity index (χ1n) is 6.90. The van der Waals surface area contributed by atoms with Gasteiger partial charge in [0, 0.05) is 31.1 Å². The number of nitrogens with zero attached hydrogens (tertiary/aromatic N) is 1. The summed E-state index contributed by atoms with van der Waals surface area (Å²) in [5.41, 5.74) is 0.644. The predicted octanol–water partition coefficient (Wildman–Crippen LogP) is 1.02. The summed E-state index contributed by atoms with van der Waals surface area (Å²) in [6.07, 6.45) is 3.51. The number of rotatable bonds is 8. The van der Waals surface area contributed by atoms with Gasteiger partial charge in [0.15, 0.2) is 0 Å². The molecule has 0 amide bonds. The molecule has 0 aromatic carbocycles. The fraction of sp³-hybridized carbons (Fsp3) is 0.692. The zero-order chi connectivity index (χ0) is 14.8. The second-order valence-corrected chi connectivity index (χ2v) is 6.85. The van der Waals surface area contributed by atoms with Crippen molar-refractivity contribution in [2.75, 3.05) is 13.2 Å². The lowest BCUT2D eigenvalue weighted by molar-refractivity contribution is 0.0799. The molecular formula is C13H22N2O4S. The monoisotopic (exact) mass is 302 g/mol. The second-order valence-electron chi connectivity index (χ2n) is 5.08. The molecule has 0 aliphatic heterocycles. The first kappa shape index (κ1) is 15.5. The van der Waals surface area contributed by atoms with Crippen molar-refractivity contribution >= 4 is 10.0 Å². The number of nitrogens with one attached hydrogen (secondary N) is 1. The fourth-order valence-electron chi connectivity index (χ4n) is 2.12. The third-order valence-electron chi connectivity index (χ3n) is 3.33. The highest BCUT2D eigenvalue weighted by Gasteiger charge is 2.28. The molecule has 1 atom stereocenters. The Balaban J connectivity index is 2.09. The van der Waals surface area contributed by atoms with Crippen LogP contribution in [-0.2, 0) is 21.4 Å². The topological polar surface area (TPSA) is 80.6 Å². The standard InChI is InChI=1S/C13H22N2O4S/c1-3-19-10(2)7-14-20(17,18)13-6-12(9-16)15(8-13)11-4-5-11/h6,8,10-11,14,16H,3-5,7,9H2,1-2H3. The maximum Gasteiger partial charge on any atom is 0.242 e. The number of aliphatic hydroxyl groups excluding tert-OH is 1. The van der Waals surface area contributed by atoms with E-state index >= 15 is 0 Å². The smallest absolute Gasteiger partial charge is 0.242 e. The zero-order valence-electron chi connectivity index (χ0n) is 11.9. The Bertz CT molecular complexity index is 549. The molecule has 114 valence electrons. The Hall–Kier alpha value is -0.890. The maximum atomic E-state index is 12.2. The van der Waals surface area contributed by atoms with Gasteiger partial charge in [0.2, 0.25) is 10.0 Å². The van der Waals surface area contributed by atoms with E-state index in [-0.39, 0.29) is 24.2 Å². The van der Waals surface area contributed by atoms with Gasteiger partial charge in [-0.1, -0.05) is 0 Å². The molecule has 1 heterocycles. The molecule has 1 aromatic rings. The van der Waals surface area contributed by atoms with E-state index in [4.69, 9.17) is 4.74 Å². The largest absolute Gasteiger partial charge is 0.390 e. The molecule has 6 nitrogen and oxygen atoms in total. The third-order valence-corrected chi connectivity index (χ3v) is 4.72. The minimum atomic E-state index is -3.55. The third kappa shape index (κ3) is 3.60. The van der Waals surface area contributed by atoms with Crippen molar-refractivity contribution < 1.29 is 18.3 Å². The molecule has 1 saturated carbocycles. The number of hydrogen-bond acceptors (Lipinski definition) is 4. The molecule has 0 spiro atoms.